The molecule has 24 heavy (non-hydrogen) atoms. The number of nitrogens with zero attached hydrogens (tertiary/aromatic N) is 2. The van der Waals surface area contributed by atoms with Gasteiger partial charge in [-0.3, -0.25) is 0 Å². The van der Waals surface area contributed by atoms with E-state index in [4.69, 9.17) is 5.11 Å². The van der Waals surface area contributed by atoms with Gasteiger partial charge < -0.3 is 20.2 Å². The van der Waals surface area contributed by atoms with Crippen molar-refractivity contribution in [1.82, 2.24) is 10.2 Å². The molecule has 0 spiro atoms. The van der Waals surface area contributed by atoms with Crippen molar-refractivity contribution >= 4 is 11.7 Å². The fraction of sp³-hybridized carbons (Fsp3) is 0.632. The summed E-state index contributed by atoms with van der Waals surface area (Å²) in [6, 6.07) is 11.3. The van der Waals surface area contributed by atoms with Crippen LogP contribution in [0.25, 0.3) is 0 Å². The quantitative estimate of drug-likeness (QED) is 0.755. The number of carbonyl (C=O) groups excluding carboxylic acids is 1. The average molecular weight is 331 g/mol. The van der Waals surface area contributed by atoms with Gasteiger partial charge in [0.2, 0.25) is 0 Å². The number of aliphatic hydroxyl groups excluding tert-OH is 1. The molecule has 1 aromatic rings. The molecule has 1 aromatic carbocycles. The molecule has 3 rings (SSSR count). The van der Waals surface area contributed by atoms with Crippen molar-refractivity contribution < 1.29 is 9.90 Å². The third-order valence-electron chi connectivity index (χ3n) is 5.00. The van der Waals surface area contributed by atoms with Crippen LogP contribution in [-0.4, -0.2) is 54.4 Å². The number of carbonyl (C=O) groups is 1. The largest absolute Gasteiger partial charge is 0.396 e. The molecule has 1 aliphatic heterocycles. The number of nitrogens with one attached hydrogen (secondary N) is 1. The molecule has 0 atom stereocenters. The van der Waals surface area contributed by atoms with Crippen LogP contribution < -0.4 is 10.2 Å². The summed E-state index contributed by atoms with van der Waals surface area (Å²) in [6.45, 7) is 2.95. The summed E-state index contributed by atoms with van der Waals surface area (Å²) >= 11 is 0. The molecule has 0 radical (unpaired) electrons. The van der Waals surface area contributed by atoms with Gasteiger partial charge in [0, 0.05) is 44.0 Å². The summed E-state index contributed by atoms with van der Waals surface area (Å²) in [5.74, 6) is 0. The summed E-state index contributed by atoms with van der Waals surface area (Å²) in [6.07, 6.45) is 5.89. The number of para-hydroxylation sites is 1. The number of rotatable bonds is 7. The van der Waals surface area contributed by atoms with E-state index in [9.17, 15) is 4.79 Å². The lowest BCUT2D eigenvalue weighted by Gasteiger charge is -2.35. The Kier molecular flexibility index (Phi) is 5.96. The molecule has 0 bridgehead atoms. The predicted molar refractivity (Wildman–Crippen MR) is 96.3 cm³/mol. The van der Waals surface area contributed by atoms with Crippen molar-refractivity contribution in [3.8, 4) is 0 Å². The highest BCUT2D eigenvalue weighted by Gasteiger charge is 2.33. The number of aliphatic hydroxyl groups is 1. The summed E-state index contributed by atoms with van der Waals surface area (Å²) in [7, 11) is 0. The second-order valence-electron chi connectivity index (χ2n) is 6.90. The fourth-order valence-corrected chi connectivity index (χ4v) is 3.41. The normalized spacial score (nSPS) is 18.5. The van der Waals surface area contributed by atoms with E-state index < -0.39 is 0 Å². The standard InChI is InChI=1S/C19H29N3O2/c23-15-5-4-12-22(18-8-9-18)19(24)20-16-10-13-21(14-11-16)17-6-2-1-3-7-17/h1-3,6-7,16,18,23H,4-5,8-15H2,(H,20,24). The smallest absolute Gasteiger partial charge is 0.317 e. The number of hydrogen-bond acceptors (Lipinski definition) is 3. The van der Waals surface area contributed by atoms with Crippen LogP contribution in [0.4, 0.5) is 10.5 Å². The first kappa shape index (κ1) is 17.1. The minimum absolute atomic E-state index is 0.0913. The maximum atomic E-state index is 12.6. The first-order chi connectivity index (χ1) is 11.8. The number of unbranched alkanes of at least 4 members (excludes halogenated alkanes) is 1. The highest BCUT2D eigenvalue weighted by Crippen LogP contribution is 2.27. The summed E-state index contributed by atoms with van der Waals surface area (Å²) in [5, 5.41) is 12.2. The van der Waals surface area contributed by atoms with Gasteiger partial charge in [-0.05, 0) is 50.7 Å². The molecule has 0 aromatic heterocycles. The summed E-state index contributed by atoms with van der Waals surface area (Å²) < 4.78 is 0. The van der Waals surface area contributed by atoms with E-state index in [0.29, 0.717) is 6.04 Å². The van der Waals surface area contributed by atoms with E-state index in [1.807, 2.05) is 11.0 Å². The number of piperidine rings is 1. The minimum Gasteiger partial charge on any atom is -0.396 e. The first-order valence-electron chi connectivity index (χ1n) is 9.26. The zero-order valence-corrected chi connectivity index (χ0v) is 14.4. The molecule has 5 heteroatoms. The first-order valence-corrected chi connectivity index (χ1v) is 9.26. The Morgan fingerprint density at radius 1 is 1.12 bits per heavy atom. The van der Waals surface area contributed by atoms with Crippen LogP contribution in [0.2, 0.25) is 0 Å². The zero-order valence-electron chi connectivity index (χ0n) is 14.4. The van der Waals surface area contributed by atoms with E-state index in [1.54, 1.807) is 0 Å². The Balaban J connectivity index is 1.45. The van der Waals surface area contributed by atoms with Gasteiger partial charge in [0.15, 0.2) is 0 Å². The summed E-state index contributed by atoms with van der Waals surface area (Å²) in [5.41, 5.74) is 1.27. The Hall–Kier alpha value is -1.75. The molecule has 1 saturated carbocycles. The van der Waals surface area contributed by atoms with Crippen molar-refractivity contribution in [2.24, 2.45) is 0 Å². The van der Waals surface area contributed by atoms with Crippen LogP contribution in [-0.2, 0) is 0 Å². The van der Waals surface area contributed by atoms with Gasteiger partial charge in [0.1, 0.15) is 0 Å². The van der Waals surface area contributed by atoms with Gasteiger partial charge >= 0.3 is 6.03 Å². The second-order valence-corrected chi connectivity index (χ2v) is 6.90. The van der Waals surface area contributed by atoms with Crippen LogP contribution >= 0.6 is 0 Å². The molecule has 1 heterocycles. The number of hydrogen-bond donors (Lipinski definition) is 2. The number of amides is 2. The van der Waals surface area contributed by atoms with Crippen molar-refractivity contribution in [2.75, 3.05) is 31.1 Å². The minimum atomic E-state index is 0.0913. The molecule has 5 nitrogen and oxygen atoms in total. The Labute approximate surface area is 144 Å². The van der Waals surface area contributed by atoms with Gasteiger partial charge in [-0.15, -0.1) is 0 Å². The molecule has 2 amide bonds. The lowest BCUT2D eigenvalue weighted by atomic mass is 10.0. The highest BCUT2D eigenvalue weighted by molar-refractivity contribution is 5.75. The van der Waals surface area contributed by atoms with Crippen LogP contribution in [0.5, 0.6) is 0 Å². The van der Waals surface area contributed by atoms with Gasteiger partial charge in [-0.1, -0.05) is 18.2 Å². The molecule has 2 aliphatic rings. The molecule has 0 unspecified atom stereocenters. The number of benzene rings is 1. The average Bonchev–Trinajstić information content (AvgIpc) is 3.45. The van der Waals surface area contributed by atoms with Crippen molar-refractivity contribution in [2.45, 2.75) is 50.6 Å². The van der Waals surface area contributed by atoms with E-state index in [0.717, 1.165) is 58.2 Å². The van der Waals surface area contributed by atoms with Gasteiger partial charge in [-0.2, -0.15) is 0 Å². The predicted octanol–water partition coefficient (Wildman–Crippen LogP) is 2.60. The number of anilines is 1. The van der Waals surface area contributed by atoms with Gasteiger partial charge in [0.25, 0.3) is 0 Å². The van der Waals surface area contributed by atoms with Crippen molar-refractivity contribution in [3.63, 3.8) is 0 Å². The Bertz CT molecular complexity index is 511. The third kappa shape index (κ3) is 4.63. The topological polar surface area (TPSA) is 55.8 Å². The molecule has 132 valence electrons. The van der Waals surface area contributed by atoms with Crippen molar-refractivity contribution in [1.29, 1.82) is 0 Å². The van der Waals surface area contributed by atoms with Gasteiger partial charge in [0.05, 0.1) is 0 Å². The maximum Gasteiger partial charge on any atom is 0.317 e. The molecule has 2 fully saturated rings. The lowest BCUT2D eigenvalue weighted by molar-refractivity contribution is 0.184. The van der Waals surface area contributed by atoms with Crippen LogP contribution in [0.15, 0.2) is 30.3 Å². The summed E-state index contributed by atoms with van der Waals surface area (Å²) in [4.78, 5) is 17.0. The molecule has 1 aliphatic carbocycles. The Morgan fingerprint density at radius 2 is 1.83 bits per heavy atom. The highest BCUT2D eigenvalue weighted by atomic mass is 16.3. The molecular weight excluding hydrogens is 302 g/mol. The second kappa shape index (κ2) is 8.38. The monoisotopic (exact) mass is 331 g/mol. The molecule has 2 N–H and O–H groups in total. The van der Waals surface area contributed by atoms with E-state index in [2.05, 4.69) is 34.5 Å². The SMILES string of the molecule is O=C(NC1CCN(c2ccccc2)CC1)N(CCCCO)C1CC1. The Morgan fingerprint density at radius 3 is 2.46 bits per heavy atom. The number of urea groups is 1. The fourth-order valence-electron chi connectivity index (χ4n) is 3.41. The van der Waals surface area contributed by atoms with Crippen molar-refractivity contribution in [3.05, 3.63) is 30.3 Å². The van der Waals surface area contributed by atoms with Crippen LogP contribution in [0, 0.1) is 0 Å². The maximum absolute atomic E-state index is 12.6. The van der Waals surface area contributed by atoms with E-state index in [1.165, 1.54) is 5.69 Å². The van der Waals surface area contributed by atoms with E-state index in [-0.39, 0.29) is 18.7 Å². The molecular formula is C19H29N3O2. The van der Waals surface area contributed by atoms with E-state index >= 15 is 0 Å². The molecule has 1 saturated heterocycles. The van der Waals surface area contributed by atoms with Crippen LogP contribution in [0.1, 0.15) is 38.5 Å². The van der Waals surface area contributed by atoms with Crippen LogP contribution in [0.3, 0.4) is 0 Å². The lowest BCUT2D eigenvalue weighted by Crippen LogP contribution is -2.50. The third-order valence-corrected chi connectivity index (χ3v) is 5.00. The zero-order chi connectivity index (χ0) is 16.8. The van der Waals surface area contributed by atoms with Gasteiger partial charge in [-0.25, -0.2) is 4.79 Å².